The summed E-state index contributed by atoms with van der Waals surface area (Å²) in [5.74, 6) is 5.67. The molecule has 4 aliphatic heterocycles. The Hall–Kier alpha value is -4.60. The van der Waals surface area contributed by atoms with Gasteiger partial charge in [-0.3, -0.25) is 9.80 Å². The van der Waals surface area contributed by atoms with Gasteiger partial charge in [-0.1, -0.05) is 18.2 Å². The van der Waals surface area contributed by atoms with Crippen LogP contribution >= 0.6 is 0 Å². The number of hydrogen-bond donors (Lipinski definition) is 0. The van der Waals surface area contributed by atoms with Crippen molar-refractivity contribution in [2.45, 2.75) is 37.8 Å². The van der Waals surface area contributed by atoms with Crippen molar-refractivity contribution in [2.24, 2.45) is 0 Å². The van der Waals surface area contributed by atoms with E-state index >= 15 is 0 Å². The van der Waals surface area contributed by atoms with Crippen molar-refractivity contribution in [3.05, 3.63) is 88.0 Å². The summed E-state index contributed by atoms with van der Waals surface area (Å²) in [5, 5.41) is 0. The SMILES string of the molecule is COc1ccc2cc1Oc1ccc(cc1)C[C@@H]1c3cc(c(OC)cc3CCN1C)Oc1c(OC)c(OC)c(OC)c3c1[C@@H](C2)N(C)CC3. The zero-order chi connectivity index (χ0) is 33.5. The van der Waals surface area contributed by atoms with Crippen LogP contribution in [0.2, 0.25) is 0 Å². The molecule has 4 heterocycles. The van der Waals surface area contributed by atoms with Gasteiger partial charge in [0.05, 0.1) is 35.5 Å². The molecule has 0 N–H and O–H groups in total. The first kappa shape index (κ1) is 32.0. The monoisotopic (exact) mass is 652 g/mol. The fourth-order valence-corrected chi connectivity index (χ4v) is 7.58. The van der Waals surface area contributed by atoms with Crippen LogP contribution in [-0.2, 0) is 25.7 Å². The van der Waals surface area contributed by atoms with E-state index < -0.39 is 0 Å². The normalized spacial score (nSPS) is 18.8. The van der Waals surface area contributed by atoms with Crippen molar-refractivity contribution in [3.63, 3.8) is 0 Å². The number of methoxy groups -OCH3 is 5. The van der Waals surface area contributed by atoms with Gasteiger partial charge in [0.2, 0.25) is 11.5 Å². The summed E-state index contributed by atoms with van der Waals surface area (Å²) in [6.45, 7) is 1.77. The van der Waals surface area contributed by atoms with E-state index in [0.29, 0.717) is 52.4 Å². The summed E-state index contributed by atoms with van der Waals surface area (Å²) < 4.78 is 43.4. The van der Waals surface area contributed by atoms with Gasteiger partial charge < -0.3 is 33.2 Å². The van der Waals surface area contributed by atoms with E-state index in [9.17, 15) is 0 Å². The number of benzene rings is 4. The number of hydrogen-bond acceptors (Lipinski definition) is 9. The van der Waals surface area contributed by atoms with Crippen LogP contribution in [0.15, 0.2) is 54.6 Å². The van der Waals surface area contributed by atoms with Gasteiger partial charge in [0.25, 0.3) is 0 Å². The molecule has 0 aromatic heterocycles. The van der Waals surface area contributed by atoms with Gasteiger partial charge in [0.15, 0.2) is 34.5 Å². The molecule has 0 unspecified atom stereocenters. The zero-order valence-corrected chi connectivity index (χ0v) is 28.8. The number of fused-ring (bicyclic) bond motifs is 2. The molecule has 252 valence electrons. The molecule has 6 bridgehead atoms. The molecule has 8 rings (SSSR count). The predicted molar refractivity (Wildman–Crippen MR) is 184 cm³/mol. The van der Waals surface area contributed by atoms with Gasteiger partial charge in [-0.25, -0.2) is 0 Å². The summed E-state index contributed by atoms with van der Waals surface area (Å²) in [6, 6.07) is 18.9. The Morgan fingerprint density at radius 1 is 0.604 bits per heavy atom. The van der Waals surface area contributed by atoms with Gasteiger partial charge in [0.1, 0.15) is 5.75 Å². The molecule has 4 aliphatic rings. The number of ether oxygens (including phenoxy) is 7. The van der Waals surface area contributed by atoms with Crippen LogP contribution < -0.4 is 33.2 Å². The number of likely N-dealkylation sites (N-methyl/N-ethyl adjacent to an activating group) is 2. The summed E-state index contributed by atoms with van der Waals surface area (Å²) in [5.41, 5.74) is 6.84. The Kier molecular flexibility index (Phi) is 8.74. The first-order chi connectivity index (χ1) is 23.4. The zero-order valence-electron chi connectivity index (χ0n) is 28.8. The minimum atomic E-state index is -0.0839. The van der Waals surface area contributed by atoms with E-state index in [4.69, 9.17) is 33.2 Å². The third kappa shape index (κ3) is 5.54. The van der Waals surface area contributed by atoms with Gasteiger partial charge in [-0.15, -0.1) is 0 Å². The maximum absolute atomic E-state index is 7.07. The third-order valence-electron chi connectivity index (χ3n) is 10.2. The van der Waals surface area contributed by atoms with Crippen molar-refractivity contribution < 1.29 is 33.2 Å². The molecule has 9 nitrogen and oxygen atoms in total. The largest absolute Gasteiger partial charge is 0.493 e. The Bertz CT molecular complexity index is 1820. The molecular formula is C39H44N2O7. The number of rotatable bonds is 5. The molecule has 0 saturated heterocycles. The molecule has 0 saturated carbocycles. The van der Waals surface area contributed by atoms with Gasteiger partial charge >= 0.3 is 0 Å². The first-order valence-corrected chi connectivity index (χ1v) is 16.4. The van der Waals surface area contributed by atoms with Gasteiger partial charge in [0, 0.05) is 36.3 Å². The molecule has 48 heavy (non-hydrogen) atoms. The van der Waals surface area contributed by atoms with Crippen molar-refractivity contribution in [1.29, 1.82) is 0 Å². The molecular weight excluding hydrogens is 608 g/mol. The molecule has 0 amide bonds. The van der Waals surface area contributed by atoms with E-state index in [1.165, 1.54) is 16.7 Å². The minimum Gasteiger partial charge on any atom is -0.493 e. The van der Waals surface area contributed by atoms with Gasteiger partial charge in [-0.2, -0.15) is 0 Å². The highest BCUT2D eigenvalue weighted by molar-refractivity contribution is 5.70. The van der Waals surface area contributed by atoms with Crippen LogP contribution in [0.1, 0.15) is 45.5 Å². The molecule has 0 spiro atoms. The van der Waals surface area contributed by atoms with E-state index in [1.54, 1.807) is 35.5 Å². The molecule has 0 fully saturated rings. The summed E-state index contributed by atoms with van der Waals surface area (Å²) in [6.07, 6.45) is 3.18. The van der Waals surface area contributed by atoms with Crippen molar-refractivity contribution in [3.8, 4) is 51.7 Å². The first-order valence-electron chi connectivity index (χ1n) is 16.4. The third-order valence-corrected chi connectivity index (χ3v) is 10.2. The smallest absolute Gasteiger partial charge is 0.208 e. The van der Waals surface area contributed by atoms with Crippen molar-refractivity contribution >= 4 is 0 Å². The Morgan fingerprint density at radius 2 is 1.25 bits per heavy atom. The van der Waals surface area contributed by atoms with Crippen LogP contribution in [0.3, 0.4) is 0 Å². The number of nitrogens with zero attached hydrogens (tertiary/aromatic N) is 2. The summed E-state index contributed by atoms with van der Waals surface area (Å²) >= 11 is 0. The lowest BCUT2D eigenvalue weighted by Crippen LogP contribution is -2.34. The Labute approximate surface area is 282 Å². The standard InChI is InChI=1S/C39H44N2O7/c1-40-16-14-25-21-32(43-4)34-22-28(25)29(40)18-23-8-11-26(12-9-23)47-33-20-24(10-13-31(33)42-3)19-30-35-27(15-17-41(30)2)36(44-5)38(45-6)39(46-7)37(35)48-34/h8-13,20-22,29-30H,14-19H2,1-7H3/t29-,30-/m1/s1. The maximum atomic E-state index is 7.07. The summed E-state index contributed by atoms with van der Waals surface area (Å²) in [4.78, 5) is 4.78. The lowest BCUT2D eigenvalue weighted by molar-refractivity contribution is 0.216. The van der Waals surface area contributed by atoms with Crippen molar-refractivity contribution in [1.82, 2.24) is 9.80 Å². The quantitative estimate of drug-likeness (QED) is 0.223. The highest BCUT2D eigenvalue weighted by Crippen LogP contribution is 2.56. The molecule has 4 aromatic rings. The Balaban J connectivity index is 1.50. The average molecular weight is 653 g/mol. The maximum Gasteiger partial charge on any atom is 0.208 e. The topological polar surface area (TPSA) is 71.1 Å². The molecule has 9 heteroatoms. The molecule has 4 aromatic carbocycles. The molecule has 0 radical (unpaired) electrons. The lowest BCUT2D eigenvalue weighted by atomic mass is 9.86. The second kappa shape index (κ2) is 13.1. The fraction of sp³-hybridized carbons (Fsp3) is 0.385. The summed E-state index contributed by atoms with van der Waals surface area (Å²) in [7, 11) is 12.7. The van der Waals surface area contributed by atoms with Crippen LogP contribution in [0.25, 0.3) is 0 Å². The second-order valence-electron chi connectivity index (χ2n) is 12.8. The van der Waals surface area contributed by atoms with E-state index in [2.05, 4.69) is 60.3 Å². The fourth-order valence-electron chi connectivity index (χ4n) is 7.58. The second-order valence-corrected chi connectivity index (χ2v) is 12.8. The van der Waals surface area contributed by atoms with Crippen LogP contribution in [0.5, 0.6) is 51.7 Å². The average Bonchev–Trinajstić information content (AvgIpc) is 3.10. The minimum absolute atomic E-state index is 0.0839. The van der Waals surface area contributed by atoms with Gasteiger partial charge in [-0.05, 0) is 98.4 Å². The predicted octanol–water partition coefficient (Wildman–Crippen LogP) is 7.17. The molecule has 0 aliphatic carbocycles. The van der Waals surface area contributed by atoms with E-state index in [1.807, 2.05) is 18.2 Å². The van der Waals surface area contributed by atoms with E-state index in [-0.39, 0.29) is 12.1 Å². The molecule has 2 atom stereocenters. The highest BCUT2D eigenvalue weighted by Gasteiger charge is 2.37. The van der Waals surface area contributed by atoms with Crippen molar-refractivity contribution in [2.75, 3.05) is 62.7 Å². The Morgan fingerprint density at radius 3 is 1.96 bits per heavy atom. The lowest BCUT2D eigenvalue weighted by Gasteiger charge is -2.38. The van der Waals surface area contributed by atoms with Crippen LogP contribution in [-0.4, -0.2) is 72.5 Å². The van der Waals surface area contributed by atoms with Crippen LogP contribution in [0, 0.1) is 0 Å². The van der Waals surface area contributed by atoms with Crippen LogP contribution in [0.4, 0.5) is 0 Å². The highest BCUT2D eigenvalue weighted by atomic mass is 16.6. The van der Waals surface area contributed by atoms with E-state index in [0.717, 1.165) is 54.8 Å².